The van der Waals surface area contributed by atoms with Crippen LogP contribution in [0.3, 0.4) is 0 Å². The Balaban J connectivity index is 0.000000360. The number of rotatable bonds is 3. The number of hydrogen-bond acceptors (Lipinski definition) is 5. The van der Waals surface area contributed by atoms with E-state index in [0.717, 1.165) is 53.8 Å². The molecule has 170 valence electrons. The van der Waals surface area contributed by atoms with E-state index in [1.54, 1.807) is 6.07 Å². The van der Waals surface area contributed by atoms with Crippen molar-refractivity contribution in [2.45, 2.75) is 32.0 Å². The number of alkyl halides is 3. The van der Waals surface area contributed by atoms with Crippen LogP contribution >= 0.6 is 0 Å². The van der Waals surface area contributed by atoms with Gasteiger partial charge in [-0.2, -0.15) is 13.2 Å². The number of amides is 1. The van der Waals surface area contributed by atoms with Gasteiger partial charge in [-0.25, -0.2) is 4.79 Å². The van der Waals surface area contributed by atoms with Crippen LogP contribution in [0.5, 0.6) is 0 Å². The maximum Gasteiger partial charge on any atom is 0.490 e. The minimum absolute atomic E-state index is 0.163. The number of carbonyl (C=O) groups excluding carboxylic acids is 1. The van der Waals surface area contributed by atoms with E-state index in [0.29, 0.717) is 5.69 Å². The maximum absolute atomic E-state index is 12.3. The molecule has 1 atom stereocenters. The number of benzene rings is 1. The van der Waals surface area contributed by atoms with Crippen molar-refractivity contribution in [1.82, 2.24) is 25.8 Å². The van der Waals surface area contributed by atoms with Crippen LogP contribution in [0.2, 0.25) is 0 Å². The van der Waals surface area contributed by atoms with E-state index >= 15 is 0 Å². The third kappa shape index (κ3) is 6.03. The van der Waals surface area contributed by atoms with Crippen molar-refractivity contribution in [3.8, 4) is 11.3 Å². The number of aliphatic carboxylic acids is 1. The van der Waals surface area contributed by atoms with Gasteiger partial charge in [-0.3, -0.25) is 4.79 Å². The quantitative estimate of drug-likeness (QED) is 0.488. The van der Waals surface area contributed by atoms with Crippen LogP contribution < -0.4 is 10.6 Å². The first kappa shape index (κ1) is 23.2. The molecule has 0 spiro atoms. The van der Waals surface area contributed by atoms with Crippen molar-refractivity contribution < 1.29 is 27.9 Å². The summed E-state index contributed by atoms with van der Waals surface area (Å²) in [4.78, 5) is 24.5. The lowest BCUT2D eigenvalue weighted by Gasteiger charge is -2.23. The van der Waals surface area contributed by atoms with Crippen molar-refractivity contribution in [2.75, 3.05) is 13.1 Å². The second kappa shape index (κ2) is 9.77. The van der Waals surface area contributed by atoms with Gasteiger partial charge in [0.05, 0.1) is 5.69 Å². The Kier molecular flexibility index (Phi) is 7.08. The molecule has 11 heteroatoms. The topological polar surface area (TPSA) is 120 Å². The fourth-order valence-electron chi connectivity index (χ4n) is 3.28. The van der Waals surface area contributed by atoms with Gasteiger partial charge >= 0.3 is 12.1 Å². The van der Waals surface area contributed by atoms with Crippen LogP contribution in [0, 0.1) is 6.92 Å². The van der Waals surface area contributed by atoms with Gasteiger partial charge in [0.15, 0.2) is 5.69 Å². The number of aromatic nitrogens is 3. The van der Waals surface area contributed by atoms with Crippen molar-refractivity contribution in [2.24, 2.45) is 0 Å². The van der Waals surface area contributed by atoms with Gasteiger partial charge < -0.3 is 20.7 Å². The molecule has 1 amide bonds. The first-order valence-electron chi connectivity index (χ1n) is 9.88. The lowest BCUT2D eigenvalue weighted by atomic mass is 10.1. The van der Waals surface area contributed by atoms with E-state index in [-0.39, 0.29) is 11.9 Å². The number of fused-ring (bicyclic) bond motifs is 1. The predicted molar refractivity (Wildman–Crippen MR) is 111 cm³/mol. The molecule has 1 unspecified atom stereocenters. The van der Waals surface area contributed by atoms with E-state index in [1.807, 2.05) is 25.1 Å². The molecule has 3 heterocycles. The Morgan fingerprint density at radius 2 is 1.91 bits per heavy atom. The number of carboxylic acids is 1. The summed E-state index contributed by atoms with van der Waals surface area (Å²) < 4.78 is 31.7. The fourth-order valence-corrected chi connectivity index (χ4v) is 3.28. The zero-order valence-electron chi connectivity index (χ0n) is 17.2. The molecule has 0 saturated carbocycles. The summed E-state index contributed by atoms with van der Waals surface area (Å²) in [7, 11) is 0. The summed E-state index contributed by atoms with van der Waals surface area (Å²) in [5.41, 5.74) is 4.33. The molecule has 3 aromatic rings. The van der Waals surface area contributed by atoms with Crippen LogP contribution in [0.15, 0.2) is 36.4 Å². The smallest absolute Gasteiger partial charge is 0.475 e. The number of halogens is 3. The van der Waals surface area contributed by atoms with Crippen LogP contribution in [-0.4, -0.2) is 57.5 Å². The molecule has 1 fully saturated rings. The molecule has 1 saturated heterocycles. The van der Waals surface area contributed by atoms with Gasteiger partial charge in [0.25, 0.3) is 5.91 Å². The molecule has 2 aromatic heterocycles. The zero-order chi connectivity index (χ0) is 23.3. The highest BCUT2D eigenvalue weighted by atomic mass is 19.4. The number of aryl methyl sites for hydroxylation is 1. The van der Waals surface area contributed by atoms with Crippen molar-refractivity contribution in [3.63, 3.8) is 0 Å². The highest BCUT2D eigenvalue weighted by Gasteiger charge is 2.38. The van der Waals surface area contributed by atoms with Crippen LogP contribution in [-0.2, 0) is 4.79 Å². The number of carboxylic acid groups (broad SMARTS) is 1. The standard InChI is InChI=1S/C19H21N5O.C2HF3O2/c1-12-9-14-10-13(4-5-16(14)21-12)17-6-7-18(24-23-17)19(25)22-15-3-2-8-20-11-15;3-2(4,5)1(6)7/h4-7,9-10,15,20-21H,2-3,8,11H2,1H3,(H,22,25);(H,6,7). The lowest BCUT2D eigenvalue weighted by Crippen LogP contribution is -2.45. The van der Waals surface area contributed by atoms with Gasteiger partial charge in [0.2, 0.25) is 0 Å². The predicted octanol–water partition coefficient (Wildman–Crippen LogP) is 3.05. The van der Waals surface area contributed by atoms with Crippen molar-refractivity contribution in [1.29, 1.82) is 0 Å². The summed E-state index contributed by atoms with van der Waals surface area (Å²) >= 11 is 0. The monoisotopic (exact) mass is 449 g/mol. The van der Waals surface area contributed by atoms with Crippen LogP contribution in [0.25, 0.3) is 22.2 Å². The van der Waals surface area contributed by atoms with E-state index in [4.69, 9.17) is 9.90 Å². The molecule has 0 bridgehead atoms. The third-order valence-electron chi connectivity index (χ3n) is 4.82. The Labute approximate surface area is 181 Å². The number of nitrogens with one attached hydrogen (secondary N) is 3. The van der Waals surface area contributed by atoms with E-state index in [1.165, 1.54) is 0 Å². The van der Waals surface area contributed by atoms with E-state index in [2.05, 4.69) is 37.9 Å². The zero-order valence-corrected chi connectivity index (χ0v) is 17.2. The average Bonchev–Trinajstić information content (AvgIpc) is 3.13. The Hall–Kier alpha value is -3.47. The maximum atomic E-state index is 12.3. The minimum Gasteiger partial charge on any atom is -0.475 e. The Bertz CT molecular complexity index is 1090. The molecule has 32 heavy (non-hydrogen) atoms. The van der Waals surface area contributed by atoms with Crippen molar-refractivity contribution >= 4 is 22.8 Å². The molecule has 1 aromatic carbocycles. The molecule has 4 rings (SSSR count). The Morgan fingerprint density at radius 3 is 2.50 bits per heavy atom. The molecule has 4 N–H and O–H groups in total. The molecular formula is C21H22F3N5O3. The van der Waals surface area contributed by atoms with Gasteiger partial charge in [0.1, 0.15) is 0 Å². The van der Waals surface area contributed by atoms with Crippen LogP contribution in [0.4, 0.5) is 13.2 Å². The summed E-state index contributed by atoms with van der Waals surface area (Å²) in [5.74, 6) is -2.92. The highest BCUT2D eigenvalue weighted by Crippen LogP contribution is 2.23. The summed E-state index contributed by atoms with van der Waals surface area (Å²) in [6.07, 6.45) is -3.00. The first-order chi connectivity index (χ1) is 15.1. The first-order valence-corrected chi connectivity index (χ1v) is 9.88. The third-order valence-corrected chi connectivity index (χ3v) is 4.82. The number of H-pyrrole nitrogens is 1. The van der Waals surface area contributed by atoms with Gasteiger partial charge in [-0.05, 0) is 56.6 Å². The molecule has 0 radical (unpaired) electrons. The number of nitrogens with zero attached hydrogens (tertiary/aromatic N) is 2. The van der Waals surface area contributed by atoms with E-state index < -0.39 is 12.1 Å². The molecule has 0 aliphatic carbocycles. The fraction of sp³-hybridized carbons (Fsp3) is 0.333. The van der Waals surface area contributed by atoms with Crippen LogP contribution in [0.1, 0.15) is 29.0 Å². The van der Waals surface area contributed by atoms with Gasteiger partial charge in [-0.15, -0.1) is 10.2 Å². The highest BCUT2D eigenvalue weighted by molar-refractivity contribution is 5.92. The average molecular weight is 449 g/mol. The number of piperidine rings is 1. The SMILES string of the molecule is Cc1cc2cc(-c3ccc(C(=O)NC4CCCNC4)nn3)ccc2[nH]1.O=C(O)C(F)(F)F. The van der Waals surface area contributed by atoms with Gasteiger partial charge in [-0.1, -0.05) is 6.07 Å². The summed E-state index contributed by atoms with van der Waals surface area (Å²) in [5, 5.41) is 22.9. The second-order valence-electron chi connectivity index (χ2n) is 7.38. The number of aromatic amines is 1. The molecular weight excluding hydrogens is 427 g/mol. The molecule has 1 aliphatic heterocycles. The minimum atomic E-state index is -5.08. The van der Waals surface area contributed by atoms with Gasteiger partial charge in [0, 0.05) is 34.7 Å². The molecule has 1 aliphatic rings. The summed E-state index contributed by atoms with van der Waals surface area (Å²) in [6, 6.07) is 12.0. The molecule has 8 nitrogen and oxygen atoms in total. The number of hydrogen-bond donors (Lipinski definition) is 4. The lowest BCUT2D eigenvalue weighted by molar-refractivity contribution is -0.192. The van der Waals surface area contributed by atoms with Crippen molar-refractivity contribution in [3.05, 3.63) is 47.8 Å². The normalized spacial score (nSPS) is 16.2. The largest absolute Gasteiger partial charge is 0.490 e. The van der Waals surface area contributed by atoms with E-state index in [9.17, 15) is 18.0 Å². The summed E-state index contributed by atoms with van der Waals surface area (Å²) in [6.45, 7) is 3.87. The Morgan fingerprint density at radius 1 is 1.16 bits per heavy atom. The second-order valence-corrected chi connectivity index (χ2v) is 7.38. The number of carbonyl (C=O) groups is 2.